The number of carbonyl (C=O) groups is 1. The third-order valence-corrected chi connectivity index (χ3v) is 5.60. The molecule has 3 heteroatoms. The molecule has 0 aromatic carbocycles. The standard InChI is InChI=1S/C23H36N2O/c1-7-9-11-20-15(3)24-17(5)22(20)13-19(26)14-23-18(6)25-16(4)21(23)12-10-8-2/h24-25H,7-14H2,1-6H3. The van der Waals surface area contributed by atoms with Gasteiger partial charge >= 0.3 is 0 Å². The topological polar surface area (TPSA) is 48.6 Å². The maximum Gasteiger partial charge on any atom is 0.141 e. The fraction of sp³-hybridized carbons (Fsp3) is 0.609. The third kappa shape index (κ3) is 4.69. The minimum Gasteiger partial charge on any atom is -0.362 e. The summed E-state index contributed by atoms with van der Waals surface area (Å²) < 4.78 is 0. The van der Waals surface area contributed by atoms with Gasteiger partial charge in [-0.3, -0.25) is 4.79 Å². The number of rotatable bonds is 10. The molecule has 3 nitrogen and oxygen atoms in total. The molecule has 0 radical (unpaired) electrons. The Morgan fingerprint density at radius 1 is 0.654 bits per heavy atom. The Morgan fingerprint density at radius 2 is 1.00 bits per heavy atom. The molecule has 0 saturated heterocycles. The number of carbonyl (C=O) groups excluding carboxylic acids is 1. The van der Waals surface area contributed by atoms with Gasteiger partial charge in [0.2, 0.25) is 0 Å². The predicted octanol–water partition coefficient (Wildman–Crippen LogP) is 5.62. The summed E-state index contributed by atoms with van der Waals surface area (Å²) in [5.41, 5.74) is 10.00. The first kappa shape index (κ1) is 20.5. The first-order chi connectivity index (χ1) is 12.4. The van der Waals surface area contributed by atoms with Crippen LogP contribution in [0.1, 0.15) is 84.6 Å². The van der Waals surface area contributed by atoms with Crippen molar-refractivity contribution in [3.8, 4) is 0 Å². The van der Waals surface area contributed by atoms with Gasteiger partial charge in [-0.15, -0.1) is 0 Å². The van der Waals surface area contributed by atoms with E-state index in [1.54, 1.807) is 0 Å². The van der Waals surface area contributed by atoms with Gasteiger partial charge in [0, 0.05) is 35.6 Å². The SMILES string of the molecule is CCCCc1c(C)[nH]c(C)c1CC(=O)Cc1c(C)[nH]c(C)c1CCCC. The highest BCUT2D eigenvalue weighted by Crippen LogP contribution is 2.25. The Kier molecular flexibility index (Phi) is 7.31. The van der Waals surface area contributed by atoms with Gasteiger partial charge in [0.15, 0.2) is 0 Å². The molecule has 144 valence electrons. The summed E-state index contributed by atoms with van der Waals surface area (Å²) in [5, 5.41) is 0. The summed E-state index contributed by atoms with van der Waals surface area (Å²) in [5.74, 6) is 0.324. The van der Waals surface area contributed by atoms with Gasteiger partial charge in [0.1, 0.15) is 5.78 Å². The maximum atomic E-state index is 12.9. The second-order valence-corrected chi connectivity index (χ2v) is 7.76. The first-order valence-corrected chi connectivity index (χ1v) is 10.2. The Balaban J connectivity index is 2.17. The first-order valence-electron chi connectivity index (χ1n) is 10.2. The van der Waals surface area contributed by atoms with Crippen molar-refractivity contribution in [2.45, 2.75) is 92.9 Å². The van der Waals surface area contributed by atoms with Gasteiger partial charge in [-0.25, -0.2) is 0 Å². The zero-order valence-corrected chi connectivity index (χ0v) is 17.6. The van der Waals surface area contributed by atoms with Crippen LogP contribution in [0.3, 0.4) is 0 Å². The highest BCUT2D eigenvalue weighted by Gasteiger charge is 2.19. The van der Waals surface area contributed by atoms with Gasteiger partial charge in [-0.05, 0) is 75.6 Å². The lowest BCUT2D eigenvalue weighted by Gasteiger charge is -2.08. The van der Waals surface area contributed by atoms with Crippen molar-refractivity contribution in [3.63, 3.8) is 0 Å². The molecule has 0 aliphatic rings. The summed E-state index contributed by atoms with van der Waals surface area (Å²) in [6.07, 6.45) is 7.95. The Bertz CT molecular complexity index is 687. The second-order valence-electron chi connectivity index (χ2n) is 7.76. The predicted molar refractivity (Wildman–Crippen MR) is 110 cm³/mol. The van der Waals surface area contributed by atoms with Crippen LogP contribution in [0.2, 0.25) is 0 Å². The van der Waals surface area contributed by atoms with E-state index in [9.17, 15) is 4.79 Å². The summed E-state index contributed by atoms with van der Waals surface area (Å²) in [4.78, 5) is 19.8. The number of H-pyrrole nitrogens is 2. The van der Waals surface area contributed by atoms with Crippen LogP contribution in [0.25, 0.3) is 0 Å². The van der Waals surface area contributed by atoms with Crippen LogP contribution in [-0.4, -0.2) is 15.8 Å². The summed E-state index contributed by atoms with van der Waals surface area (Å²) in [6.45, 7) is 12.9. The van der Waals surface area contributed by atoms with E-state index in [4.69, 9.17) is 0 Å². The monoisotopic (exact) mass is 356 g/mol. The van der Waals surface area contributed by atoms with E-state index in [1.807, 2.05) is 0 Å². The Hall–Kier alpha value is -1.77. The van der Waals surface area contributed by atoms with Crippen LogP contribution in [0.5, 0.6) is 0 Å². The normalized spacial score (nSPS) is 11.3. The summed E-state index contributed by atoms with van der Waals surface area (Å²) >= 11 is 0. The number of ketones is 1. The van der Waals surface area contributed by atoms with Crippen LogP contribution in [0, 0.1) is 27.7 Å². The molecule has 0 spiro atoms. The van der Waals surface area contributed by atoms with E-state index in [1.165, 1.54) is 59.3 Å². The molecule has 2 rings (SSSR count). The molecule has 0 aliphatic heterocycles. The molecule has 2 aromatic rings. The molecule has 0 amide bonds. The lowest BCUT2D eigenvalue weighted by molar-refractivity contribution is -0.117. The molecule has 0 bridgehead atoms. The number of Topliss-reactive ketones (excluding diaryl/α,β-unsaturated/α-hetero) is 1. The van der Waals surface area contributed by atoms with Gasteiger partial charge < -0.3 is 9.97 Å². The summed E-state index contributed by atoms with van der Waals surface area (Å²) in [7, 11) is 0. The third-order valence-electron chi connectivity index (χ3n) is 5.60. The van der Waals surface area contributed by atoms with Crippen LogP contribution in [-0.2, 0) is 30.5 Å². The lowest BCUT2D eigenvalue weighted by Crippen LogP contribution is -2.10. The molecule has 2 N–H and O–H groups in total. The molecule has 0 unspecified atom stereocenters. The Morgan fingerprint density at radius 3 is 1.35 bits per heavy atom. The van der Waals surface area contributed by atoms with Crippen LogP contribution in [0.4, 0.5) is 0 Å². The molecular weight excluding hydrogens is 320 g/mol. The van der Waals surface area contributed by atoms with E-state index in [2.05, 4.69) is 51.5 Å². The van der Waals surface area contributed by atoms with Crippen molar-refractivity contribution >= 4 is 5.78 Å². The highest BCUT2D eigenvalue weighted by atomic mass is 16.1. The van der Waals surface area contributed by atoms with Crippen LogP contribution < -0.4 is 0 Å². The average molecular weight is 357 g/mol. The molecule has 26 heavy (non-hydrogen) atoms. The van der Waals surface area contributed by atoms with Crippen LogP contribution in [0.15, 0.2) is 0 Å². The largest absolute Gasteiger partial charge is 0.362 e. The van der Waals surface area contributed by atoms with Crippen molar-refractivity contribution in [2.75, 3.05) is 0 Å². The molecular formula is C23H36N2O. The van der Waals surface area contributed by atoms with Crippen LogP contribution >= 0.6 is 0 Å². The van der Waals surface area contributed by atoms with E-state index < -0.39 is 0 Å². The van der Waals surface area contributed by atoms with E-state index in [0.29, 0.717) is 18.6 Å². The lowest BCUT2D eigenvalue weighted by atomic mass is 9.94. The average Bonchev–Trinajstić information content (AvgIpc) is 2.99. The smallest absolute Gasteiger partial charge is 0.141 e. The highest BCUT2D eigenvalue weighted by molar-refractivity contribution is 5.84. The summed E-state index contributed by atoms with van der Waals surface area (Å²) in [6, 6.07) is 0. The number of hydrogen-bond donors (Lipinski definition) is 2. The van der Waals surface area contributed by atoms with Gasteiger partial charge in [-0.2, -0.15) is 0 Å². The van der Waals surface area contributed by atoms with Crippen molar-refractivity contribution < 1.29 is 4.79 Å². The number of aromatic amines is 2. The van der Waals surface area contributed by atoms with E-state index in [0.717, 1.165) is 24.2 Å². The van der Waals surface area contributed by atoms with E-state index in [-0.39, 0.29) is 0 Å². The zero-order chi connectivity index (χ0) is 19.3. The number of nitrogens with one attached hydrogen (secondary N) is 2. The van der Waals surface area contributed by atoms with Crippen molar-refractivity contribution in [1.82, 2.24) is 9.97 Å². The van der Waals surface area contributed by atoms with Crippen molar-refractivity contribution in [1.29, 1.82) is 0 Å². The fourth-order valence-electron chi connectivity index (χ4n) is 4.09. The number of hydrogen-bond acceptors (Lipinski definition) is 1. The van der Waals surface area contributed by atoms with Crippen molar-refractivity contribution in [3.05, 3.63) is 45.0 Å². The second kappa shape index (κ2) is 9.25. The Labute approximate surface area is 159 Å². The van der Waals surface area contributed by atoms with Crippen molar-refractivity contribution in [2.24, 2.45) is 0 Å². The zero-order valence-electron chi connectivity index (χ0n) is 17.6. The van der Waals surface area contributed by atoms with Gasteiger partial charge in [-0.1, -0.05) is 26.7 Å². The fourth-order valence-corrected chi connectivity index (χ4v) is 4.09. The number of aryl methyl sites for hydroxylation is 4. The molecule has 0 saturated carbocycles. The minimum absolute atomic E-state index is 0.324. The maximum absolute atomic E-state index is 12.9. The van der Waals surface area contributed by atoms with Gasteiger partial charge in [0.05, 0.1) is 0 Å². The molecule has 0 atom stereocenters. The molecule has 0 fully saturated rings. The molecule has 0 aliphatic carbocycles. The number of aromatic nitrogens is 2. The number of unbranched alkanes of at least 4 members (excludes halogenated alkanes) is 2. The quantitative estimate of drug-likeness (QED) is 0.570. The van der Waals surface area contributed by atoms with Gasteiger partial charge in [0.25, 0.3) is 0 Å². The minimum atomic E-state index is 0.324. The van der Waals surface area contributed by atoms with E-state index >= 15 is 0 Å². The molecule has 2 aromatic heterocycles. The molecule has 2 heterocycles.